The lowest BCUT2D eigenvalue weighted by atomic mass is 10.1. The Morgan fingerprint density at radius 1 is 1.42 bits per heavy atom. The van der Waals surface area contributed by atoms with Gasteiger partial charge in [0.05, 0.1) is 18.3 Å². The molecule has 1 aromatic heterocycles. The lowest BCUT2D eigenvalue weighted by Crippen LogP contribution is -2.28. The molecule has 0 aromatic carbocycles. The maximum atomic E-state index is 12.2. The van der Waals surface area contributed by atoms with Gasteiger partial charge in [-0.3, -0.25) is 9.78 Å². The Hall–Kier alpha value is -1.38. The van der Waals surface area contributed by atoms with Crippen molar-refractivity contribution in [3.63, 3.8) is 0 Å². The van der Waals surface area contributed by atoms with Gasteiger partial charge in [-0.15, -0.1) is 0 Å². The van der Waals surface area contributed by atoms with Gasteiger partial charge in [-0.1, -0.05) is 26.8 Å². The molecule has 104 valence electrons. The molecule has 19 heavy (non-hydrogen) atoms. The molecule has 1 aliphatic carbocycles. The molecule has 3 atom stereocenters. The summed E-state index contributed by atoms with van der Waals surface area (Å²) in [6.45, 7) is 9.01. The number of hydrogen-bond acceptors (Lipinski definition) is 2. The summed E-state index contributed by atoms with van der Waals surface area (Å²) in [6, 6.07) is 4.23. The lowest BCUT2D eigenvalue weighted by Gasteiger charge is -2.21. The zero-order valence-corrected chi connectivity index (χ0v) is 12.4. The number of carbonyl (C=O) groups excluding carboxylic acids is 1. The van der Waals surface area contributed by atoms with Crippen LogP contribution in [0, 0.1) is 11.8 Å². The fourth-order valence-corrected chi connectivity index (χ4v) is 2.76. The van der Waals surface area contributed by atoms with Gasteiger partial charge in [0.15, 0.2) is 0 Å². The Morgan fingerprint density at radius 2 is 2.11 bits per heavy atom. The average Bonchev–Trinajstić information content (AvgIpc) is 3.01. The molecular formula is C16H24N2O. The first-order valence-corrected chi connectivity index (χ1v) is 7.40. The van der Waals surface area contributed by atoms with E-state index in [4.69, 9.17) is 0 Å². The van der Waals surface area contributed by atoms with Crippen LogP contribution in [0.25, 0.3) is 0 Å². The van der Waals surface area contributed by atoms with Gasteiger partial charge in [0.1, 0.15) is 0 Å². The predicted octanol–water partition coefficient (Wildman–Crippen LogP) is 3.56. The van der Waals surface area contributed by atoms with Gasteiger partial charge in [0, 0.05) is 12.6 Å². The second-order valence-corrected chi connectivity index (χ2v) is 5.41. The number of aromatic nitrogens is 1. The summed E-state index contributed by atoms with van der Waals surface area (Å²) in [6.07, 6.45) is 3.75. The Balaban J connectivity index is 0.000000637. The SMILES string of the molecule is CC.CC1CC1CC(=O)N1Cc2ncccc2C1C. The molecule has 0 N–H and O–H groups in total. The fourth-order valence-electron chi connectivity index (χ4n) is 2.76. The van der Waals surface area contributed by atoms with E-state index in [0.717, 1.165) is 18.0 Å². The summed E-state index contributed by atoms with van der Waals surface area (Å²) in [5.74, 6) is 1.67. The van der Waals surface area contributed by atoms with Crippen LogP contribution in [0.3, 0.4) is 0 Å². The van der Waals surface area contributed by atoms with Crippen LogP contribution < -0.4 is 0 Å². The summed E-state index contributed by atoms with van der Waals surface area (Å²) >= 11 is 0. The average molecular weight is 260 g/mol. The molecule has 3 nitrogen and oxygen atoms in total. The number of amides is 1. The molecule has 0 bridgehead atoms. The molecule has 3 heteroatoms. The molecular weight excluding hydrogens is 236 g/mol. The van der Waals surface area contributed by atoms with Crippen molar-refractivity contribution < 1.29 is 4.79 Å². The van der Waals surface area contributed by atoms with Crippen molar-refractivity contribution in [1.82, 2.24) is 9.88 Å². The van der Waals surface area contributed by atoms with E-state index in [1.54, 1.807) is 0 Å². The van der Waals surface area contributed by atoms with Crippen molar-refractivity contribution in [2.24, 2.45) is 11.8 Å². The first-order valence-electron chi connectivity index (χ1n) is 7.40. The van der Waals surface area contributed by atoms with Crippen LogP contribution in [0.4, 0.5) is 0 Å². The topological polar surface area (TPSA) is 33.2 Å². The monoisotopic (exact) mass is 260 g/mol. The van der Waals surface area contributed by atoms with Crippen LogP contribution in [0.5, 0.6) is 0 Å². The molecule has 1 aromatic rings. The van der Waals surface area contributed by atoms with Crippen LogP contribution in [-0.4, -0.2) is 15.8 Å². The van der Waals surface area contributed by atoms with Crippen LogP contribution in [0.1, 0.15) is 57.8 Å². The van der Waals surface area contributed by atoms with Gasteiger partial charge < -0.3 is 4.90 Å². The van der Waals surface area contributed by atoms with Crippen LogP contribution >= 0.6 is 0 Å². The summed E-state index contributed by atoms with van der Waals surface area (Å²) in [5.41, 5.74) is 2.28. The Morgan fingerprint density at radius 3 is 2.68 bits per heavy atom. The predicted molar refractivity (Wildman–Crippen MR) is 76.4 cm³/mol. The summed E-state index contributed by atoms with van der Waals surface area (Å²) in [5, 5.41) is 0. The van der Waals surface area contributed by atoms with Gasteiger partial charge in [0.25, 0.3) is 0 Å². The Bertz CT molecular complexity index is 458. The minimum absolute atomic E-state index is 0.195. The maximum Gasteiger partial charge on any atom is 0.223 e. The van der Waals surface area contributed by atoms with Crippen LogP contribution in [-0.2, 0) is 11.3 Å². The molecule has 1 fully saturated rings. The molecule has 2 aliphatic rings. The minimum Gasteiger partial charge on any atom is -0.330 e. The number of pyridine rings is 1. The highest BCUT2D eigenvalue weighted by molar-refractivity contribution is 5.78. The molecule has 0 saturated heterocycles. The molecule has 0 radical (unpaired) electrons. The van der Waals surface area contributed by atoms with E-state index in [9.17, 15) is 4.79 Å². The largest absolute Gasteiger partial charge is 0.330 e. The zero-order chi connectivity index (χ0) is 14.0. The van der Waals surface area contributed by atoms with E-state index in [-0.39, 0.29) is 6.04 Å². The zero-order valence-electron chi connectivity index (χ0n) is 12.4. The van der Waals surface area contributed by atoms with E-state index in [0.29, 0.717) is 18.4 Å². The van der Waals surface area contributed by atoms with E-state index >= 15 is 0 Å². The van der Waals surface area contributed by atoms with Gasteiger partial charge >= 0.3 is 0 Å². The lowest BCUT2D eigenvalue weighted by molar-refractivity contribution is -0.133. The number of rotatable bonds is 2. The number of carbonyl (C=O) groups is 1. The Labute approximate surface area is 116 Å². The minimum atomic E-state index is 0.195. The second-order valence-electron chi connectivity index (χ2n) is 5.41. The molecule has 2 heterocycles. The van der Waals surface area contributed by atoms with Crippen LogP contribution in [0.2, 0.25) is 0 Å². The summed E-state index contributed by atoms with van der Waals surface area (Å²) in [7, 11) is 0. The van der Waals surface area contributed by atoms with Crippen LogP contribution in [0.15, 0.2) is 18.3 Å². The smallest absolute Gasteiger partial charge is 0.223 e. The van der Waals surface area contributed by atoms with Crippen molar-refractivity contribution in [2.75, 3.05) is 0 Å². The van der Waals surface area contributed by atoms with Crippen molar-refractivity contribution in [3.05, 3.63) is 29.6 Å². The first kappa shape index (κ1) is 14.0. The standard InChI is InChI=1S/C14H18N2O.C2H6/c1-9-6-11(9)7-14(17)16-8-13-12(10(16)2)4-3-5-15-13;1-2/h3-5,9-11H,6-8H2,1-2H3;1-2H3. The van der Waals surface area contributed by atoms with E-state index in [1.807, 2.05) is 31.0 Å². The number of fused-ring (bicyclic) bond motifs is 1. The van der Waals surface area contributed by atoms with E-state index in [1.165, 1.54) is 12.0 Å². The number of nitrogens with zero attached hydrogens (tertiary/aromatic N) is 2. The summed E-state index contributed by atoms with van der Waals surface area (Å²) < 4.78 is 0. The third-order valence-electron chi connectivity index (χ3n) is 4.20. The molecule has 0 spiro atoms. The summed E-state index contributed by atoms with van der Waals surface area (Å²) in [4.78, 5) is 18.6. The highest BCUT2D eigenvalue weighted by Crippen LogP contribution is 2.42. The second kappa shape index (κ2) is 5.72. The van der Waals surface area contributed by atoms with Crippen molar-refractivity contribution in [1.29, 1.82) is 0 Å². The van der Waals surface area contributed by atoms with Gasteiger partial charge in [-0.25, -0.2) is 0 Å². The molecule has 1 amide bonds. The fraction of sp³-hybridized carbons (Fsp3) is 0.625. The van der Waals surface area contributed by atoms with Gasteiger partial charge in [0.2, 0.25) is 5.91 Å². The van der Waals surface area contributed by atoms with E-state index < -0.39 is 0 Å². The first-order chi connectivity index (χ1) is 9.16. The van der Waals surface area contributed by atoms with Crippen molar-refractivity contribution in [2.45, 2.75) is 53.1 Å². The maximum absolute atomic E-state index is 12.2. The highest BCUT2D eigenvalue weighted by atomic mass is 16.2. The Kier molecular flexibility index (Phi) is 4.23. The molecule has 3 unspecified atom stereocenters. The normalized spacial score (nSPS) is 27.4. The number of hydrogen-bond donors (Lipinski definition) is 0. The quantitative estimate of drug-likeness (QED) is 0.814. The van der Waals surface area contributed by atoms with Crippen molar-refractivity contribution in [3.8, 4) is 0 Å². The molecule has 1 aliphatic heterocycles. The van der Waals surface area contributed by atoms with Gasteiger partial charge in [-0.05, 0) is 36.8 Å². The van der Waals surface area contributed by atoms with E-state index in [2.05, 4.69) is 24.9 Å². The third kappa shape index (κ3) is 2.80. The highest BCUT2D eigenvalue weighted by Gasteiger charge is 2.38. The molecule has 1 saturated carbocycles. The third-order valence-corrected chi connectivity index (χ3v) is 4.20. The molecule has 3 rings (SSSR count). The van der Waals surface area contributed by atoms with Crippen molar-refractivity contribution >= 4 is 5.91 Å². The van der Waals surface area contributed by atoms with Gasteiger partial charge in [-0.2, -0.15) is 0 Å².